The molecule has 0 radical (unpaired) electrons. The van der Waals surface area contributed by atoms with E-state index in [1.807, 2.05) is 30.5 Å². The average Bonchev–Trinajstić information content (AvgIpc) is 3.13. The number of pyridine rings is 1. The average molecular weight is 272 g/mol. The second kappa shape index (κ2) is 6.68. The Balaban J connectivity index is 1.65. The minimum atomic E-state index is 0.619. The minimum absolute atomic E-state index is 0.619. The Kier molecular flexibility index (Phi) is 4.46. The summed E-state index contributed by atoms with van der Waals surface area (Å²) in [4.78, 5) is 6.81. The van der Waals surface area contributed by atoms with E-state index in [-0.39, 0.29) is 0 Å². The highest BCUT2D eigenvalue weighted by atomic mass is 16.5. The van der Waals surface area contributed by atoms with Gasteiger partial charge >= 0.3 is 0 Å². The summed E-state index contributed by atoms with van der Waals surface area (Å²) in [7, 11) is 0. The largest absolute Gasteiger partial charge is 0.468 e. The van der Waals surface area contributed by atoms with Crippen molar-refractivity contribution in [3.8, 4) is 0 Å². The van der Waals surface area contributed by atoms with Crippen LogP contribution >= 0.6 is 0 Å². The molecule has 0 amide bonds. The van der Waals surface area contributed by atoms with Gasteiger partial charge in [-0.25, -0.2) is 0 Å². The van der Waals surface area contributed by atoms with E-state index in [4.69, 9.17) is 9.15 Å². The molecule has 0 bridgehead atoms. The molecule has 0 N–H and O–H groups in total. The van der Waals surface area contributed by atoms with Gasteiger partial charge in [-0.3, -0.25) is 9.88 Å². The second-order valence-corrected chi connectivity index (χ2v) is 5.30. The highest BCUT2D eigenvalue weighted by Gasteiger charge is 2.20. The van der Waals surface area contributed by atoms with Crippen molar-refractivity contribution in [3.05, 3.63) is 54.2 Å². The van der Waals surface area contributed by atoms with Crippen molar-refractivity contribution in [2.75, 3.05) is 19.8 Å². The summed E-state index contributed by atoms with van der Waals surface area (Å²) in [6.45, 7) is 4.45. The van der Waals surface area contributed by atoms with Gasteiger partial charge in [0.1, 0.15) is 5.76 Å². The molecule has 0 aliphatic carbocycles. The summed E-state index contributed by atoms with van der Waals surface area (Å²) in [5.41, 5.74) is 1.10. The summed E-state index contributed by atoms with van der Waals surface area (Å²) >= 11 is 0. The third kappa shape index (κ3) is 3.68. The Morgan fingerprint density at radius 2 is 2.20 bits per heavy atom. The zero-order valence-corrected chi connectivity index (χ0v) is 11.6. The summed E-state index contributed by atoms with van der Waals surface area (Å²) in [5, 5.41) is 0. The van der Waals surface area contributed by atoms with Gasteiger partial charge in [0.05, 0.1) is 25.1 Å². The van der Waals surface area contributed by atoms with Crippen LogP contribution in [0.5, 0.6) is 0 Å². The first-order valence-electron chi connectivity index (χ1n) is 7.12. The van der Waals surface area contributed by atoms with E-state index < -0.39 is 0 Å². The summed E-state index contributed by atoms with van der Waals surface area (Å²) in [6, 6.07) is 10.0. The third-order valence-electron chi connectivity index (χ3n) is 3.61. The normalized spacial score (nSPS) is 18.8. The molecule has 106 valence electrons. The van der Waals surface area contributed by atoms with Crippen molar-refractivity contribution in [2.45, 2.75) is 19.5 Å². The van der Waals surface area contributed by atoms with Crippen LogP contribution in [0.3, 0.4) is 0 Å². The van der Waals surface area contributed by atoms with Crippen molar-refractivity contribution in [2.24, 2.45) is 5.92 Å². The quantitative estimate of drug-likeness (QED) is 0.810. The number of nitrogens with zero attached hydrogens (tertiary/aromatic N) is 2. The summed E-state index contributed by atoms with van der Waals surface area (Å²) in [6.07, 6.45) is 4.73. The molecule has 4 nitrogen and oxygen atoms in total. The lowest BCUT2D eigenvalue weighted by atomic mass is 10.1. The number of hydrogen-bond acceptors (Lipinski definition) is 4. The van der Waals surface area contributed by atoms with Crippen LogP contribution in [0, 0.1) is 5.92 Å². The van der Waals surface area contributed by atoms with Crippen LogP contribution in [-0.4, -0.2) is 29.6 Å². The van der Waals surface area contributed by atoms with E-state index in [0.29, 0.717) is 5.92 Å². The molecule has 0 saturated carbocycles. The molecule has 0 spiro atoms. The van der Waals surface area contributed by atoms with Gasteiger partial charge in [-0.05, 0) is 36.6 Å². The molecule has 2 aromatic rings. The number of rotatable bonds is 6. The maximum absolute atomic E-state index is 5.48. The monoisotopic (exact) mass is 272 g/mol. The molecule has 1 fully saturated rings. The van der Waals surface area contributed by atoms with Crippen LogP contribution in [0.2, 0.25) is 0 Å². The fourth-order valence-corrected chi connectivity index (χ4v) is 2.62. The first-order valence-corrected chi connectivity index (χ1v) is 7.12. The number of furan rings is 1. The Morgan fingerprint density at radius 3 is 2.90 bits per heavy atom. The minimum Gasteiger partial charge on any atom is -0.468 e. The van der Waals surface area contributed by atoms with Crippen molar-refractivity contribution in [1.29, 1.82) is 0 Å². The molecule has 1 saturated heterocycles. The van der Waals surface area contributed by atoms with Gasteiger partial charge in [0.25, 0.3) is 0 Å². The molecule has 2 aromatic heterocycles. The highest BCUT2D eigenvalue weighted by molar-refractivity contribution is 5.04. The fraction of sp³-hybridized carbons (Fsp3) is 0.438. The zero-order valence-electron chi connectivity index (χ0n) is 11.6. The Morgan fingerprint density at radius 1 is 1.20 bits per heavy atom. The first-order chi connectivity index (χ1) is 9.90. The van der Waals surface area contributed by atoms with Crippen LogP contribution in [-0.2, 0) is 17.8 Å². The van der Waals surface area contributed by atoms with Gasteiger partial charge < -0.3 is 9.15 Å². The van der Waals surface area contributed by atoms with Crippen LogP contribution < -0.4 is 0 Å². The zero-order chi connectivity index (χ0) is 13.6. The van der Waals surface area contributed by atoms with Gasteiger partial charge in [-0.2, -0.15) is 0 Å². The van der Waals surface area contributed by atoms with Crippen molar-refractivity contribution in [1.82, 2.24) is 9.88 Å². The highest BCUT2D eigenvalue weighted by Crippen LogP contribution is 2.17. The molecular weight excluding hydrogens is 252 g/mol. The number of hydrogen-bond donors (Lipinski definition) is 0. The Hall–Kier alpha value is -1.65. The lowest BCUT2D eigenvalue weighted by molar-refractivity contribution is 0.156. The van der Waals surface area contributed by atoms with Crippen LogP contribution in [0.15, 0.2) is 47.2 Å². The molecule has 4 heteroatoms. The summed E-state index contributed by atoms with van der Waals surface area (Å²) < 4.78 is 11.0. The maximum Gasteiger partial charge on any atom is 0.117 e. The SMILES string of the molecule is c1ccc(CN(Cc2ccco2)CC2CCOC2)nc1. The predicted octanol–water partition coefficient (Wildman–Crippen LogP) is 2.71. The fourth-order valence-electron chi connectivity index (χ4n) is 2.62. The van der Waals surface area contributed by atoms with Gasteiger partial charge in [0.15, 0.2) is 0 Å². The molecule has 0 aromatic carbocycles. The van der Waals surface area contributed by atoms with E-state index >= 15 is 0 Å². The molecule has 1 aliphatic heterocycles. The van der Waals surface area contributed by atoms with Crippen molar-refractivity contribution in [3.63, 3.8) is 0 Å². The Labute approximate surface area is 119 Å². The lowest BCUT2D eigenvalue weighted by Crippen LogP contribution is -2.29. The van der Waals surface area contributed by atoms with Gasteiger partial charge in [0, 0.05) is 25.9 Å². The topological polar surface area (TPSA) is 38.5 Å². The maximum atomic E-state index is 5.48. The van der Waals surface area contributed by atoms with E-state index in [0.717, 1.165) is 50.7 Å². The first kappa shape index (κ1) is 13.3. The summed E-state index contributed by atoms with van der Waals surface area (Å²) in [5.74, 6) is 1.62. The molecule has 1 unspecified atom stereocenters. The van der Waals surface area contributed by atoms with E-state index in [2.05, 4.69) is 16.0 Å². The molecule has 1 aliphatic rings. The van der Waals surface area contributed by atoms with Crippen LogP contribution in [0.4, 0.5) is 0 Å². The van der Waals surface area contributed by atoms with Crippen LogP contribution in [0.25, 0.3) is 0 Å². The second-order valence-electron chi connectivity index (χ2n) is 5.30. The standard InChI is InChI=1S/C16H20N2O2/c1-2-7-17-15(4-1)11-18(10-14-6-9-19-13-14)12-16-5-3-8-20-16/h1-5,7-8,14H,6,9-13H2. The van der Waals surface area contributed by atoms with E-state index in [1.54, 1.807) is 6.26 Å². The van der Waals surface area contributed by atoms with Gasteiger partial charge in [-0.1, -0.05) is 6.07 Å². The Bertz CT molecular complexity index is 492. The van der Waals surface area contributed by atoms with E-state index in [9.17, 15) is 0 Å². The van der Waals surface area contributed by atoms with Crippen molar-refractivity contribution >= 4 is 0 Å². The third-order valence-corrected chi connectivity index (χ3v) is 3.61. The predicted molar refractivity (Wildman–Crippen MR) is 76.0 cm³/mol. The molecule has 3 rings (SSSR count). The number of aromatic nitrogens is 1. The lowest BCUT2D eigenvalue weighted by Gasteiger charge is -2.23. The van der Waals surface area contributed by atoms with E-state index in [1.165, 1.54) is 0 Å². The molecule has 3 heterocycles. The molecule has 1 atom stereocenters. The van der Waals surface area contributed by atoms with Crippen LogP contribution in [0.1, 0.15) is 17.9 Å². The molecular formula is C16H20N2O2. The molecule has 20 heavy (non-hydrogen) atoms. The van der Waals surface area contributed by atoms with Crippen molar-refractivity contribution < 1.29 is 9.15 Å². The van der Waals surface area contributed by atoms with Gasteiger partial charge in [-0.15, -0.1) is 0 Å². The number of ether oxygens (including phenoxy) is 1. The van der Waals surface area contributed by atoms with Gasteiger partial charge in [0.2, 0.25) is 0 Å². The smallest absolute Gasteiger partial charge is 0.117 e.